The Morgan fingerprint density at radius 1 is 0.938 bits per heavy atom. The zero-order valence-corrected chi connectivity index (χ0v) is 27.2. The monoisotopic (exact) mass is 736 g/mol. The van der Waals surface area contributed by atoms with Crippen molar-refractivity contribution in [2.24, 2.45) is 0 Å². The average Bonchev–Trinajstić information content (AvgIpc) is 3.40. The van der Waals surface area contributed by atoms with Gasteiger partial charge in [0, 0.05) is 17.3 Å². The number of anilines is 1. The summed E-state index contributed by atoms with van der Waals surface area (Å²) >= 11 is 12.4. The van der Waals surface area contributed by atoms with E-state index in [9.17, 15) is 44.3 Å². The number of benzene rings is 2. The van der Waals surface area contributed by atoms with E-state index in [1.54, 1.807) is 25.5 Å². The number of alkyl halides is 6. The molecule has 0 saturated carbocycles. The summed E-state index contributed by atoms with van der Waals surface area (Å²) in [6, 6.07) is 7.23. The van der Waals surface area contributed by atoms with Crippen molar-refractivity contribution in [2.75, 3.05) is 5.32 Å². The zero-order chi connectivity index (χ0) is 35.8. The summed E-state index contributed by atoms with van der Waals surface area (Å²) in [5.74, 6) is -1.63. The lowest BCUT2D eigenvalue weighted by atomic mass is 10.1. The lowest BCUT2D eigenvalue weighted by molar-refractivity contribution is -0.147. The van der Waals surface area contributed by atoms with E-state index >= 15 is 0 Å². The van der Waals surface area contributed by atoms with Crippen LogP contribution in [0.3, 0.4) is 0 Å². The lowest BCUT2D eigenvalue weighted by Gasteiger charge is -2.18. The van der Waals surface area contributed by atoms with Crippen LogP contribution in [-0.2, 0) is 28.9 Å². The molecule has 0 bridgehead atoms. The Kier molecular flexibility index (Phi) is 10.5. The van der Waals surface area contributed by atoms with E-state index in [0.717, 1.165) is 10.7 Å². The van der Waals surface area contributed by atoms with Crippen molar-refractivity contribution < 1.29 is 44.3 Å². The van der Waals surface area contributed by atoms with Crippen LogP contribution < -0.4 is 15.4 Å². The van der Waals surface area contributed by atoms with Crippen molar-refractivity contribution >= 4 is 50.7 Å². The number of halogens is 8. The molecule has 48 heavy (non-hydrogen) atoms. The van der Waals surface area contributed by atoms with Gasteiger partial charge in [0.2, 0.25) is 10.0 Å². The fraction of sp³-hybridized carbons (Fsp3) is 0.241. The Balaban J connectivity index is 1.77. The number of nitrogens with one attached hydrogen (secondary N) is 3. The summed E-state index contributed by atoms with van der Waals surface area (Å²) in [6.07, 6.45) is -9.63. The van der Waals surface area contributed by atoms with Gasteiger partial charge in [-0.15, -0.1) is 0 Å². The molecule has 2 heterocycles. The summed E-state index contributed by atoms with van der Waals surface area (Å²) in [6.45, 7) is 4.02. The normalized spacial score (nSPS) is 12.3. The van der Waals surface area contributed by atoms with E-state index in [2.05, 4.69) is 20.7 Å². The molecule has 3 N–H and O–H groups in total. The van der Waals surface area contributed by atoms with Crippen molar-refractivity contribution in [3.05, 3.63) is 98.4 Å². The fourth-order valence-corrected chi connectivity index (χ4v) is 6.40. The highest BCUT2D eigenvalue weighted by atomic mass is 35.5. The number of hydrogen-bond acceptors (Lipinski definition) is 6. The molecule has 2 aromatic heterocycles. The second-order valence-electron chi connectivity index (χ2n) is 10.5. The van der Waals surface area contributed by atoms with Gasteiger partial charge in [-0.1, -0.05) is 29.3 Å². The molecule has 4 rings (SSSR count). The SMILES string of the molecule is Cc1cc(Cl)cc(C(=O)NC(C)C)c1NC(=O)c1cc(CNS(=O)(=O)c2c(C(F)(F)F)cccc2C(F)(F)F)nn1-c1ncccc1Cl. The molecular formula is C29H24Cl2F6N6O4S. The number of sulfonamides is 1. The van der Waals surface area contributed by atoms with Gasteiger partial charge in [0.05, 0.1) is 39.6 Å². The van der Waals surface area contributed by atoms with Crippen molar-refractivity contribution in [3.8, 4) is 5.82 Å². The van der Waals surface area contributed by atoms with Gasteiger partial charge < -0.3 is 10.6 Å². The summed E-state index contributed by atoms with van der Waals surface area (Å²) in [5.41, 5.74) is -4.31. The second-order valence-corrected chi connectivity index (χ2v) is 13.0. The van der Waals surface area contributed by atoms with Gasteiger partial charge >= 0.3 is 12.4 Å². The number of aryl methyl sites for hydroxylation is 1. The number of amides is 2. The molecule has 256 valence electrons. The summed E-state index contributed by atoms with van der Waals surface area (Å²) in [4.78, 5) is 28.7. The average molecular weight is 738 g/mol. The Hall–Kier alpha value is -4.19. The third-order valence-electron chi connectivity index (χ3n) is 6.47. The van der Waals surface area contributed by atoms with Gasteiger partial charge in [-0.3, -0.25) is 9.59 Å². The van der Waals surface area contributed by atoms with Gasteiger partial charge in [-0.05, 0) is 68.8 Å². The molecule has 19 heteroatoms. The number of carbonyl (C=O) groups is 2. The third-order valence-corrected chi connectivity index (χ3v) is 8.49. The molecule has 4 aromatic rings. The van der Waals surface area contributed by atoms with Crippen LogP contribution in [0, 0.1) is 6.92 Å². The van der Waals surface area contributed by atoms with Gasteiger partial charge in [0.25, 0.3) is 11.8 Å². The van der Waals surface area contributed by atoms with Crippen LogP contribution in [0.1, 0.15) is 57.1 Å². The topological polar surface area (TPSA) is 135 Å². The van der Waals surface area contributed by atoms with Crippen LogP contribution in [0.5, 0.6) is 0 Å². The van der Waals surface area contributed by atoms with E-state index in [1.165, 1.54) is 30.5 Å². The Bertz CT molecular complexity index is 1970. The first-order chi connectivity index (χ1) is 22.2. The van der Waals surface area contributed by atoms with E-state index in [0.29, 0.717) is 11.6 Å². The minimum Gasteiger partial charge on any atom is -0.350 e. The third kappa shape index (κ3) is 8.08. The highest BCUT2D eigenvalue weighted by Gasteiger charge is 2.45. The second kappa shape index (κ2) is 13.7. The number of carbonyl (C=O) groups excluding carboxylic acids is 2. The molecule has 0 aliphatic carbocycles. The number of nitrogens with zero attached hydrogens (tertiary/aromatic N) is 3. The van der Waals surface area contributed by atoms with Gasteiger partial charge in [-0.25, -0.2) is 22.8 Å². The molecule has 0 radical (unpaired) electrons. The number of rotatable bonds is 9. The maximum atomic E-state index is 13.7. The first kappa shape index (κ1) is 36.6. The van der Waals surface area contributed by atoms with E-state index in [4.69, 9.17) is 23.2 Å². The zero-order valence-electron chi connectivity index (χ0n) is 24.9. The number of hydrogen-bond donors (Lipinski definition) is 3. The van der Waals surface area contributed by atoms with Gasteiger partial charge in [-0.2, -0.15) is 31.4 Å². The van der Waals surface area contributed by atoms with Crippen LogP contribution >= 0.6 is 23.2 Å². The van der Waals surface area contributed by atoms with E-state index < -0.39 is 56.8 Å². The number of pyridine rings is 1. The van der Waals surface area contributed by atoms with Crippen LogP contribution in [0.2, 0.25) is 10.0 Å². The highest BCUT2D eigenvalue weighted by molar-refractivity contribution is 7.89. The van der Waals surface area contributed by atoms with Gasteiger partial charge in [0.1, 0.15) is 10.6 Å². The Labute approximate surface area is 279 Å². The van der Waals surface area contributed by atoms with Crippen molar-refractivity contribution in [1.82, 2.24) is 24.8 Å². The molecule has 10 nitrogen and oxygen atoms in total. The molecule has 0 aliphatic heterocycles. The lowest BCUT2D eigenvalue weighted by Crippen LogP contribution is -2.31. The van der Waals surface area contributed by atoms with Crippen molar-refractivity contribution in [2.45, 2.75) is 50.6 Å². The maximum Gasteiger partial charge on any atom is 0.417 e. The highest BCUT2D eigenvalue weighted by Crippen LogP contribution is 2.41. The Morgan fingerprint density at radius 2 is 1.56 bits per heavy atom. The van der Waals surface area contributed by atoms with E-state index in [-0.39, 0.29) is 56.7 Å². The first-order valence-electron chi connectivity index (χ1n) is 13.6. The molecule has 0 spiro atoms. The summed E-state index contributed by atoms with van der Waals surface area (Å²) < 4.78 is 111. The predicted molar refractivity (Wildman–Crippen MR) is 164 cm³/mol. The molecule has 2 aromatic carbocycles. The molecule has 0 unspecified atom stereocenters. The standard InChI is InChI=1S/C29H24Cl2F6N6O4S/c1-14(2)40-26(44)18-11-16(30)10-15(3)23(18)41-27(45)22-12-17(42-43(22)25-21(31)8-5-9-38-25)13-39-48(46,47)24-19(28(32,33)34)6-4-7-20(24)29(35,36)37/h4-12,14,39H,13H2,1-3H3,(H,40,44)(H,41,45). The maximum absolute atomic E-state index is 13.7. The van der Waals surface area contributed by atoms with Crippen LogP contribution in [0.25, 0.3) is 5.82 Å². The van der Waals surface area contributed by atoms with Crippen LogP contribution in [-0.4, -0.2) is 41.0 Å². The first-order valence-corrected chi connectivity index (χ1v) is 15.8. The smallest absolute Gasteiger partial charge is 0.350 e. The largest absolute Gasteiger partial charge is 0.417 e. The molecule has 0 aliphatic rings. The van der Waals surface area contributed by atoms with Gasteiger partial charge in [0.15, 0.2) is 5.82 Å². The molecule has 2 amide bonds. The predicted octanol–water partition coefficient (Wildman–Crippen LogP) is 6.79. The summed E-state index contributed by atoms with van der Waals surface area (Å²) in [5, 5.41) is 9.55. The van der Waals surface area contributed by atoms with E-state index in [1.807, 2.05) is 0 Å². The number of aromatic nitrogens is 3. The molecule has 0 atom stereocenters. The minimum absolute atomic E-state index is 0.000709. The van der Waals surface area contributed by atoms with Crippen LogP contribution in [0.15, 0.2) is 59.6 Å². The molecule has 0 fully saturated rings. The molecular weight excluding hydrogens is 713 g/mol. The minimum atomic E-state index is -5.50. The van der Waals surface area contributed by atoms with Crippen LogP contribution in [0.4, 0.5) is 32.0 Å². The fourth-order valence-electron chi connectivity index (χ4n) is 4.49. The summed E-state index contributed by atoms with van der Waals surface area (Å²) in [7, 11) is -5.50. The van der Waals surface area contributed by atoms with Crippen molar-refractivity contribution in [1.29, 1.82) is 0 Å². The quantitative estimate of drug-likeness (QED) is 0.162. The molecule has 0 saturated heterocycles. The van der Waals surface area contributed by atoms with Crippen molar-refractivity contribution in [3.63, 3.8) is 0 Å². The Morgan fingerprint density at radius 3 is 2.12 bits per heavy atom.